The maximum absolute atomic E-state index is 13.3. The van der Waals surface area contributed by atoms with Crippen LogP contribution in [0.25, 0.3) is 5.69 Å². The molecule has 166 valence electrons. The van der Waals surface area contributed by atoms with Crippen LogP contribution in [0.4, 0.5) is 11.4 Å². The first-order valence-electron chi connectivity index (χ1n) is 10.2. The van der Waals surface area contributed by atoms with E-state index in [1.165, 1.54) is 27.8 Å². The van der Waals surface area contributed by atoms with Crippen LogP contribution in [-0.4, -0.2) is 49.2 Å². The van der Waals surface area contributed by atoms with Crippen LogP contribution in [0.3, 0.4) is 0 Å². The minimum absolute atomic E-state index is 0.0873. The largest absolute Gasteiger partial charge is 0.325 e. The molecule has 0 spiro atoms. The van der Waals surface area contributed by atoms with E-state index < -0.39 is 16.9 Å². The molecule has 1 unspecified atom stereocenters. The monoisotopic (exact) mass is 436 g/mol. The van der Waals surface area contributed by atoms with E-state index in [9.17, 15) is 19.7 Å². The van der Waals surface area contributed by atoms with Crippen molar-refractivity contribution >= 4 is 23.2 Å². The van der Waals surface area contributed by atoms with Crippen molar-refractivity contribution in [3.05, 3.63) is 76.1 Å². The highest BCUT2D eigenvalue weighted by Crippen LogP contribution is 2.20. The second-order valence-corrected chi connectivity index (χ2v) is 7.24. The fourth-order valence-corrected chi connectivity index (χ4v) is 3.27. The molecule has 0 aliphatic heterocycles. The zero-order valence-electron chi connectivity index (χ0n) is 18.1. The molecule has 0 saturated heterocycles. The summed E-state index contributed by atoms with van der Waals surface area (Å²) in [5.74, 6) is -0.751. The van der Waals surface area contributed by atoms with Crippen molar-refractivity contribution in [1.82, 2.24) is 19.9 Å². The summed E-state index contributed by atoms with van der Waals surface area (Å²) in [5.41, 5.74) is 1.47. The van der Waals surface area contributed by atoms with Crippen LogP contribution in [0, 0.1) is 17.0 Å². The number of rotatable bonds is 8. The molecule has 1 heterocycles. The van der Waals surface area contributed by atoms with Crippen LogP contribution in [0.15, 0.2) is 54.6 Å². The number of amides is 2. The number of nitro benzene ring substituents is 1. The quantitative estimate of drug-likeness (QED) is 0.427. The number of para-hydroxylation sites is 1. The fraction of sp³-hybridized carbons (Fsp3) is 0.273. The molecule has 0 aliphatic rings. The molecule has 2 aromatic carbocycles. The van der Waals surface area contributed by atoms with Gasteiger partial charge in [0.2, 0.25) is 5.91 Å². The van der Waals surface area contributed by atoms with Crippen molar-refractivity contribution in [1.29, 1.82) is 0 Å². The third-order valence-electron chi connectivity index (χ3n) is 5.00. The van der Waals surface area contributed by atoms with E-state index in [0.717, 1.165) is 0 Å². The van der Waals surface area contributed by atoms with Crippen LogP contribution < -0.4 is 5.32 Å². The van der Waals surface area contributed by atoms with E-state index in [-0.39, 0.29) is 17.3 Å². The van der Waals surface area contributed by atoms with E-state index in [1.807, 2.05) is 25.1 Å². The number of hydrogen-bond donors (Lipinski definition) is 1. The second-order valence-electron chi connectivity index (χ2n) is 7.24. The summed E-state index contributed by atoms with van der Waals surface area (Å²) in [6.07, 6.45) is 0.646. The predicted molar refractivity (Wildman–Crippen MR) is 119 cm³/mol. The third kappa shape index (κ3) is 4.80. The highest BCUT2D eigenvalue weighted by Gasteiger charge is 2.30. The zero-order chi connectivity index (χ0) is 23.3. The Hall–Kier alpha value is -4.08. The highest BCUT2D eigenvalue weighted by atomic mass is 16.6. The van der Waals surface area contributed by atoms with Crippen LogP contribution >= 0.6 is 0 Å². The summed E-state index contributed by atoms with van der Waals surface area (Å²) in [6, 6.07) is 14.2. The molecule has 2 amide bonds. The average molecular weight is 436 g/mol. The first-order chi connectivity index (χ1) is 15.3. The number of hydrogen-bond acceptors (Lipinski definition) is 6. The summed E-state index contributed by atoms with van der Waals surface area (Å²) in [5, 5.41) is 21.9. The predicted octanol–water partition coefficient (Wildman–Crippen LogP) is 3.36. The standard InChI is InChI=1S/C22H24N6O4/c1-4-13-26(16(3)21(29)23-17-9-6-5-7-10-17)22(30)20-15(2)27(25-24-20)18-11-8-12-19(14-18)28(31)32/h5-12,14,16H,4,13H2,1-3H3,(H,23,29). The van der Waals surface area contributed by atoms with Gasteiger partial charge >= 0.3 is 0 Å². The normalized spacial score (nSPS) is 11.6. The Morgan fingerprint density at radius 2 is 1.91 bits per heavy atom. The van der Waals surface area contributed by atoms with Gasteiger partial charge in [0.25, 0.3) is 11.6 Å². The van der Waals surface area contributed by atoms with Gasteiger partial charge < -0.3 is 10.2 Å². The van der Waals surface area contributed by atoms with Crippen molar-refractivity contribution in [3.63, 3.8) is 0 Å². The van der Waals surface area contributed by atoms with Gasteiger partial charge in [-0.2, -0.15) is 0 Å². The molecule has 10 nitrogen and oxygen atoms in total. The molecule has 0 aliphatic carbocycles. The van der Waals surface area contributed by atoms with Gasteiger partial charge in [-0.15, -0.1) is 5.10 Å². The number of benzene rings is 2. The molecule has 32 heavy (non-hydrogen) atoms. The number of aromatic nitrogens is 3. The number of nitrogens with one attached hydrogen (secondary N) is 1. The summed E-state index contributed by atoms with van der Waals surface area (Å²) < 4.78 is 1.37. The number of carbonyl (C=O) groups is 2. The summed E-state index contributed by atoms with van der Waals surface area (Å²) in [6.45, 7) is 5.58. The lowest BCUT2D eigenvalue weighted by Gasteiger charge is -2.27. The van der Waals surface area contributed by atoms with Gasteiger partial charge in [0, 0.05) is 24.4 Å². The van der Waals surface area contributed by atoms with Crippen molar-refractivity contribution in [2.45, 2.75) is 33.2 Å². The minimum atomic E-state index is -0.745. The maximum Gasteiger partial charge on any atom is 0.277 e. The maximum atomic E-state index is 13.3. The lowest BCUT2D eigenvalue weighted by molar-refractivity contribution is -0.384. The lowest BCUT2D eigenvalue weighted by Crippen LogP contribution is -2.46. The SMILES string of the molecule is CCCN(C(=O)c1nnn(-c2cccc([N+](=O)[O-])c2)c1C)C(C)C(=O)Nc1ccccc1. The lowest BCUT2D eigenvalue weighted by atomic mass is 10.2. The van der Waals surface area contributed by atoms with Crippen LogP contribution in [-0.2, 0) is 4.79 Å². The van der Waals surface area contributed by atoms with Crippen molar-refractivity contribution < 1.29 is 14.5 Å². The Morgan fingerprint density at radius 3 is 2.56 bits per heavy atom. The van der Waals surface area contributed by atoms with Gasteiger partial charge in [-0.3, -0.25) is 19.7 Å². The topological polar surface area (TPSA) is 123 Å². The van der Waals surface area contributed by atoms with Gasteiger partial charge in [0.1, 0.15) is 6.04 Å². The van der Waals surface area contributed by atoms with Gasteiger partial charge in [0.05, 0.1) is 16.3 Å². The first-order valence-corrected chi connectivity index (χ1v) is 10.2. The van der Waals surface area contributed by atoms with E-state index in [2.05, 4.69) is 15.6 Å². The van der Waals surface area contributed by atoms with Crippen LogP contribution in [0.2, 0.25) is 0 Å². The van der Waals surface area contributed by atoms with Gasteiger partial charge in [-0.25, -0.2) is 4.68 Å². The fourth-order valence-electron chi connectivity index (χ4n) is 3.27. The van der Waals surface area contributed by atoms with E-state index >= 15 is 0 Å². The number of carbonyl (C=O) groups excluding carboxylic acids is 2. The minimum Gasteiger partial charge on any atom is -0.325 e. The highest BCUT2D eigenvalue weighted by molar-refractivity contribution is 6.00. The van der Waals surface area contributed by atoms with Crippen LogP contribution in [0.5, 0.6) is 0 Å². The number of non-ortho nitro benzene ring substituents is 1. The smallest absolute Gasteiger partial charge is 0.277 e. The van der Waals surface area contributed by atoms with E-state index in [4.69, 9.17) is 0 Å². The van der Waals surface area contributed by atoms with Crippen molar-refractivity contribution in [2.75, 3.05) is 11.9 Å². The molecule has 1 aromatic heterocycles. The Kier molecular flexibility index (Phi) is 6.93. The first kappa shape index (κ1) is 22.6. The molecule has 3 rings (SSSR count). The van der Waals surface area contributed by atoms with Gasteiger partial charge in [-0.05, 0) is 38.5 Å². The molecule has 0 bridgehead atoms. The number of nitrogens with zero attached hydrogens (tertiary/aromatic N) is 5. The molecule has 3 aromatic rings. The van der Waals surface area contributed by atoms with Gasteiger partial charge in [-0.1, -0.05) is 36.4 Å². The summed E-state index contributed by atoms with van der Waals surface area (Å²) in [7, 11) is 0. The Labute approximate surface area is 185 Å². The molecular weight excluding hydrogens is 412 g/mol. The van der Waals surface area contributed by atoms with Crippen molar-refractivity contribution in [3.8, 4) is 5.69 Å². The van der Waals surface area contributed by atoms with Gasteiger partial charge in [0.15, 0.2) is 5.69 Å². The molecule has 0 fully saturated rings. The summed E-state index contributed by atoms with van der Waals surface area (Å²) in [4.78, 5) is 38.1. The molecule has 0 saturated carbocycles. The van der Waals surface area contributed by atoms with Crippen molar-refractivity contribution in [2.24, 2.45) is 0 Å². The molecule has 0 radical (unpaired) electrons. The number of nitro groups is 1. The summed E-state index contributed by atoms with van der Waals surface area (Å²) >= 11 is 0. The molecule has 1 atom stereocenters. The molecular formula is C22H24N6O4. The molecule has 10 heteroatoms. The second kappa shape index (κ2) is 9.82. The average Bonchev–Trinajstić information content (AvgIpc) is 3.18. The Morgan fingerprint density at radius 1 is 1.19 bits per heavy atom. The Bertz CT molecular complexity index is 1130. The van der Waals surface area contributed by atoms with E-state index in [1.54, 1.807) is 32.0 Å². The third-order valence-corrected chi connectivity index (χ3v) is 5.00. The molecule has 1 N–H and O–H groups in total. The Balaban J connectivity index is 1.86. The van der Waals surface area contributed by atoms with E-state index in [0.29, 0.717) is 30.0 Å². The zero-order valence-corrected chi connectivity index (χ0v) is 18.1. The van der Waals surface area contributed by atoms with Crippen LogP contribution in [0.1, 0.15) is 36.5 Å². The number of anilines is 1.